The number of phenols is 1. The molecule has 1 aliphatic carbocycles. The van der Waals surface area contributed by atoms with Gasteiger partial charge in [-0.3, -0.25) is 4.79 Å². The van der Waals surface area contributed by atoms with Crippen LogP contribution in [0.1, 0.15) is 32.1 Å². The van der Waals surface area contributed by atoms with Gasteiger partial charge in [-0.15, -0.1) is 10.2 Å². The molecule has 6 rings (SSSR count). The molecule has 35 heavy (non-hydrogen) atoms. The summed E-state index contributed by atoms with van der Waals surface area (Å²) in [6.07, 6.45) is 4.93. The molecule has 8 nitrogen and oxygen atoms in total. The topological polar surface area (TPSA) is 96.2 Å². The molecule has 0 spiro atoms. The average Bonchev–Trinajstić information content (AvgIpc) is 3.60. The minimum absolute atomic E-state index is 0.0166. The fourth-order valence-corrected chi connectivity index (χ4v) is 5.40. The van der Waals surface area contributed by atoms with Crippen molar-refractivity contribution < 1.29 is 13.9 Å². The van der Waals surface area contributed by atoms with Gasteiger partial charge in [0.1, 0.15) is 17.7 Å². The summed E-state index contributed by atoms with van der Waals surface area (Å²) in [5.74, 6) is -0.246. The van der Waals surface area contributed by atoms with E-state index in [0.29, 0.717) is 17.6 Å². The van der Waals surface area contributed by atoms with Crippen molar-refractivity contribution in [1.29, 1.82) is 0 Å². The SMILES string of the molecule is Cn1cnc(-c2cc(O)c(-c3ccc(N(C4CC4)C4CC5CCC(N5)C4F)nn3)cc2F)cc1=O. The van der Waals surface area contributed by atoms with Gasteiger partial charge in [0.05, 0.1) is 23.8 Å². The van der Waals surface area contributed by atoms with E-state index in [4.69, 9.17) is 0 Å². The zero-order chi connectivity index (χ0) is 24.3. The Kier molecular flexibility index (Phi) is 5.28. The number of phenolic OH excluding ortho intramolecular Hbond substituents is 1. The Bertz CT molecular complexity index is 1330. The first-order chi connectivity index (χ1) is 16.9. The van der Waals surface area contributed by atoms with Gasteiger partial charge >= 0.3 is 0 Å². The second-order valence-corrected chi connectivity index (χ2v) is 9.78. The van der Waals surface area contributed by atoms with Crippen LogP contribution in [0.2, 0.25) is 0 Å². The lowest BCUT2D eigenvalue weighted by Crippen LogP contribution is -2.57. The third-order valence-corrected chi connectivity index (χ3v) is 7.38. The molecule has 2 N–H and O–H groups in total. The van der Waals surface area contributed by atoms with Crippen molar-refractivity contribution >= 4 is 5.82 Å². The van der Waals surface area contributed by atoms with Crippen molar-refractivity contribution in [2.75, 3.05) is 4.90 Å². The zero-order valence-corrected chi connectivity index (χ0v) is 19.2. The first kappa shape index (κ1) is 22.1. The van der Waals surface area contributed by atoms with Crippen LogP contribution in [-0.2, 0) is 7.05 Å². The number of fused-ring (bicyclic) bond motifs is 2. The number of hydrogen-bond acceptors (Lipinski definition) is 7. The lowest BCUT2D eigenvalue weighted by Gasteiger charge is -2.41. The number of aromatic hydroxyl groups is 1. The maximum absolute atomic E-state index is 15.3. The molecule has 10 heteroatoms. The molecule has 2 bridgehead atoms. The number of aryl methyl sites for hydroxylation is 1. The molecule has 2 saturated heterocycles. The van der Waals surface area contributed by atoms with Gasteiger partial charge in [0.15, 0.2) is 5.82 Å². The van der Waals surface area contributed by atoms with Gasteiger partial charge in [0, 0.05) is 42.4 Å². The monoisotopic (exact) mass is 480 g/mol. The number of benzene rings is 1. The van der Waals surface area contributed by atoms with E-state index in [1.165, 1.54) is 23.0 Å². The van der Waals surface area contributed by atoms with E-state index >= 15 is 4.39 Å². The number of nitrogens with zero attached hydrogens (tertiary/aromatic N) is 5. The molecule has 3 aliphatic rings. The summed E-state index contributed by atoms with van der Waals surface area (Å²) in [6.45, 7) is 0. The third-order valence-electron chi connectivity index (χ3n) is 7.38. The van der Waals surface area contributed by atoms with Gasteiger partial charge in [-0.25, -0.2) is 13.8 Å². The van der Waals surface area contributed by atoms with Crippen molar-refractivity contribution in [1.82, 2.24) is 25.1 Å². The maximum atomic E-state index is 15.3. The van der Waals surface area contributed by atoms with Gasteiger partial charge in [-0.1, -0.05) is 0 Å². The Morgan fingerprint density at radius 1 is 1.09 bits per heavy atom. The Labute approximate surface area is 200 Å². The van der Waals surface area contributed by atoms with Crippen molar-refractivity contribution in [2.24, 2.45) is 7.05 Å². The van der Waals surface area contributed by atoms with Crippen LogP contribution in [0.4, 0.5) is 14.6 Å². The maximum Gasteiger partial charge on any atom is 0.253 e. The predicted octanol–water partition coefficient (Wildman–Crippen LogP) is 2.95. The predicted molar refractivity (Wildman–Crippen MR) is 126 cm³/mol. The smallest absolute Gasteiger partial charge is 0.253 e. The number of rotatable bonds is 5. The normalized spacial score (nSPS) is 25.6. The number of aromatic nitrogens is 4. The average molecular weight is 481 g/mol. The molecule has 182 valence electrons. The van der Waals surface area contributed by atoms with Crippen LogP contribution in [0.15, 0.2) is 41.5 Å². The van der Waals surface area contributed by atoms with Crippen LogP contribution in [0.5, 0.6) is 5.75 Å². The molecule has 3 fully saturated rings. The van der Waals surface area contributed by atoms with Gasteiger partial charge in [0.2, 0.25) is 0 Å². The van der Waals surface area contributed by atoms with Gasteiger partial charge < -0.3 is 19.9 Å². The molecule has 3 aromatic rings. The molecule has 4 heterocycles. The first-order valence-corrected chi connectivity index (χ1v) is 12.0. The second-order valence-electron chi connectivity index (χ2n) is 9.78. The zero-order valence-electron chi connectivity index (χ0n) is 19.2. The highest BCUT2D eigenvalue weighted by molar-refractivity contribution is 5.73. The second kappa shape index (κ2) is 8.37. The number of anilines is 1. The highest BCUT2D eigenvalue weighted by Crippen LogP contribution is 2.40. The third kappa shape index (κ3) is 3.95. The Morgan fingerprint density at radius 2 is 1.91 bits per heavy atom. The summed E-state index contributed by atoms with van der Waals surface area (Å²) < 4.78 is 31.5. The van der Waals surface area contributed by atoms with E-state index in [1.54, 1.807) is 19.2 Å². The Morgan fingerprint density at radius 3 is 2.63 bits per heavy atom. The fourth-order valence-electron chi connectivity index (χ4n) is 5.40. The molecule has 4 unspecified atom stereocenters. The molecule has 0 amide bonds. The number of hydrogen-bond donors (Lipinski definition) is 2. The minimum Gasteiger partial charge on any atom is -0.507 e. The molecular formula is C25H26F2N6O2. The summed E-state index contributed by atoms with van der Waals surface area (Å²) in [6, 6.07) is 7.30. The highest BCUT2D eigenvalue weighted by Gasteiger charge is 2.48. The van der Waals surface area contributed by atoms with E-state index < -0.39 is 12.0 Å². The summed E-state index contributed by atoms with van der Waals surface area (Å²) in [5, 5.41) is 22.6. The number of alkyl halides is 1. The fraction of sp³-hybridized carbons (Fsp3) is 0.440. The van der Waals surface area contributed by atoms with Crippen molar-refractivity contribution in [3.8, 4) is 28.3 Å². The van der Waals surface area contributed by atoms with Crippen LogP contribution >= 0.6 is 0 Å². The lowest BCUT2D eigenvalue weighted by atomic mass is 9.95. The molecule has 0 radical (unpaired) electrons. The largest absolute Gasteiger partial charge is 0.507 e. The standard InChI is InChI=1S/C25H26F2N6O2/c1-32-12-28-20(11-24(32)35)15-10-22(34)16(9-17(15)26)18-6-7-23(31-30-18)33(14-3-4-14)21-8-13-2-5-19(29-13)25(21)27/h6-7,9-14,19,21,25,29,34H,2-5,8H2,1H3. The number of nitrogens with one attached hydrogen (secondary N) is 1. The molecule has 2 aliphatic heterocycles. The van der Waals surface area contributed by atoms with E-state index in [1.807, 2.05) is 0 Å². The molecular weight excluding hydrogens is 454 g/mol. The summed E-state index contributed by atoms with van der Waals surface area (Å²) in [7, 11) is 1.55. The first-order valence-electron chi connectivity index (χ1n) is 12.0. The van der Waals surface area contributed by atoms with Crippen LogP contribution < -0.4 is 15.8 Å². The molecule has 4 atom stereocenters. The molecule has 1 saturated carbocycles. The van der Waals surface area contributed by atoms with E-state index in [2.05, 4.69) is 25.4 Å². The quantitative estimate of drug-likeness (QED) is 0.580. The van der Waals surface area contributed by atoms with Crippen LogP contribution in [0, 0.1) is 5.82 Å². The van der Waals surface area contributed by atoms with Gasteiger partial charge in [-0.2, -0.15) is 0 Å². The van der Waals surface area contributed by atoms with Gasteiger partial charge in [-0.05, 0) is 56.4 Å². The Balaban J connectivity index is 1.29. The molecule has 2 aromatic heterocycles. The van der Waals surface area contributed by atoms with Crippen LogP contribution in [0.25, 0.3) is 22.5 Å². The van der Waals surface area contributed by atoms with Crippen molar-refractivity contribution in [2.45, 2.75) is 62.4 Å². The Hall–Kier alpha value is -3.40. The number of piperidine rings is 1. The van der Waals surface area contributed by atoms with E-state index in [9.17, 15) is 14.3 Å². The van der Waals surface area contributed by atoms with Crippen molar-refractivity contribution in [3.05, 3.63) is 52.8 Å². The van der Waals surface area contributed by atoms with Crippen LogP contribution in [0.3, 0.4) is 0 Å². The summed E-state index contributed by atoms with van der Waals surface area (Å²) >= 11 is 0. The minimum atomic E-state index is -0.968. The summed E-state index contributed by atoms with van der Waals surface area (Å²) in [5.41, 5.74) is 0.285. The number of halogens is 2. The molecule has 1 aromatic carbocycles. The lowest BCUT2D eigenvalue weighted by molar-refractivity contribution is 0.171. The highest BCUT2D eigenvalue weighted by atomic mass is 19.1. The summed E-state index contributed by atoms with van der Waals surface area (Å²) in [4.78, 5) is 18.1. The van der Waals surface area contributed by atoms with E-state index in [0.717, 1.165) is 38.2 Å². The van der Waals surface area contributed by atoms with Crippen molar-refractivity contribution in [3.63, 3.8) is 0 Å². The van der Waals surface area contributed by atoms with Crippen LogP contribution in [-0.4, -0.2) is 55.2 Å². The van der Waals surface area contributed by atoms with E-state index in [-0.39, 0.29) is 46.3 Å². The van der Waals surface area contributed by atoms with Gasteiger partial charge in [0.25, 0.3) is 5.56 Å².